The first-order valence-electron chi connectivity index (χ1n) is 10.9. The Kier molecular flexibility index (Phi) is 9.69. The van der Waals surface area contributed by atoms with Gasteiger partial charge in [0.15, 0.2) is 0 Å². The number of H-pyrrole nitrogens is 1. The molecule has 15 heteroatoms. The van der Waals surface area contributed by atoms with Crippen molar-refractivity contribution in [2.24, 2.45) is 11.5 Å². The number of imidazole rings is 1. The maximum absolute atomic E-state index is 12.9. The predicted octanol–water partition coefficient (Wildman–Crippen LogP) is -2.94. The third-order valence-electron chi connectivity index (χ3n) is 5.46. The summed E-state index contributed by atoms with van der Waals surface area (Å²) in [7, 11) is 0. The number of carboxylic acids is 2. The highest BCUT2D eigenvalue weighted by atomic mass is 16.4. The molecular formula is C20H29N7O8. The van der Waals surface area contributed by atoms with Gasteiger partial charge in [-0.1, -0.05) is 0 Å². The quantitative estimate of drug-likeness (QED) is 0.147. The molecule has 4 unspecified atom stereocenters. The van der Waals surface area contributed by atoms with E-state index in [4.69, 9.17) is 16.6 Å². The Morgan fingerprint density at radius 2 is 1.89 bits per heavy atom. The molecule has 2 rings (SSSR count). The zero-order chi connectivity index (χ0) is 26.1. The van der Waals surface area contributed by atoms with E-state index in [1.807, 2.05) is 0 Å². The van der Waals surface area contributed by atoms with E-state index >= 15 is 0 Å². The number of primary amides is 1. The number of nitrogens with zero attached hydrogens (tertiary/aromatic N) is 2. The summed E-state index contributed by atoms with van der Waals surface area (Å²) < 4.78 is 0. The number of likely N-dealkylation sites (tertiary alicyclic amines) is 1. The van der Waals surface area contributed by atoms with Crippen LogP contribution < -0.4 is 22.1 Å². The zero-order valence-corrected chi connectivity index (χ0v) is 18.8. The SMILES string of the molecule is NC(=O)CC(NC(=O)C1CCCN1C(=O)C(N)CCC(=O)O)C(=O)NC(Cc1cnc[nH]1)C(=O)O. The first kappa shape index (κ1) is 27.2. The summed E-state index contributed by atoms with van der Waals surface area (Å²) in [4.78, 5) is 79.9. The Morgan fingerprint density at radius 3 is 2.46 bits per heavy atom. The van der Waals surface area contributed by atoms with Crippen LogP contribution in [0.3, 0.4) is 0 Å². The van der Waals surface area contributed by atoms with Crippen molar-refractivity contribution < 1.29 is 39.0 Å². The van der Waals surface area contributed by atoms with Crippen molar-refractivity contribution in [3.05, 3.63) is 18.2 Å². The first-order valence-corrected chi connectivity index (χ1v) is 10.9. The van der Waals surface area contributed by atoms with Crippen LogP contribution in [-0.4, -0.2) is 91.4 Å². The average Bonchev–Trinajstić information content (AvgIpc) is 3.47. The number of aromatic nitrogens is 2. The third-order valence-corrected chi connectivity index (χ3v) is 5.46. The summed E-state index contributed by atoms with van der Waals surface area (Å²) in [6.07, 6.45) is 2.29. The molecular weight excluding hydrogens is 466 g/mol. The first-order chi connectivity index (χ1) is 16.5. The van der Waals surface area contributed by atoms with E-state index in [1.54, 1.807) is 0 Å². The van der Waals surface area contributed by atoms with E-state index in [9.17, 15) is 33.9 Å². The number of hydrogen-bond acceptors (Lipinski definition) is 8. The molecule has 0 aliphatic carbocycles. The van der Waals surface area contributed by atoms with E-state index in [0.717, 1.165) is 0 Å². The van der Waals surface area contributed by atoms with E-state index in [1.165, 1.54) is 17.4 Å². The van der Waals surface area contributed by atoms with Crippen LogP contribution in [0.4, 0.5) is 0 Å². The van der Waals surface area contributed by atoms with Gasteiger partial charge in [-0.25, -0.2) is 9.78 Å². The van der Waals surface area contributed by atoms with E-state index in [-0.39, 0.29) is 32.2 Å². The van der Waals surface area contributed by atoms with Gasteiger partial charge in [-0.2, -0.15) is 0 Å². The molecule has 0 radical (unpaired) electrons. The number of rotatable bonds is 13. The lowest BCUT2D eigenvalue weighted by molar-refractivity contribution is -0.143. The number of carbonyl (C=O) groups excluding carboxylic acids is 4. The molecule has 4 amide bonds. The molecule has 0 spiro atoms. The smallest absolute Gasteiger partial charge is 0.326 e. The molecule has 1 saturated heterocycles. The fourth-order valence-corrected chi connectivity index (χ4v) is 3.69. The Balaban J connectivity index is 2.08. The van der Waals surface area contributed by atoms with Gasteiger partial charge in [-0.15, -0.1) is 0 Å². The van der Waals surface area contributed by atoms with Crippen LogP contribution in [0.1, 0.15) is 37.8 Å². The molecule has 1 aromatic heterocycles. The van der Waals surface area contributed by atoms with Gasteiger partial charge in [0.25, 0.3) is 0 Å². The number of nitrogens with two attached hydrogens (primary N) is 2. The number of nitrogens with one attached hydrogen (secondary N) is 3. The minimum absolute atomic E-state index is 0.112. The van der Waals surface area contributed by atoms with Crippen molar-refractivity contribution >= 4 is 35.6 Å². The standard InChI is InChI=1S/C20H29N7O8/c21-11(3-4-16(29)30)19(33)27-5-1-2-14(27)18(32)25-12(7-15(22)28)17(31)26-13(20(34)35)6-10-8-23-9-24-10/h8-9,11-14H,1-7,21H2,(H2,22,28)(H,23,24)(H,25,32)(H,26,31)(H,29,30)(H,34,35). The van der Waals surface area contributed by atoms with Crippen LogP contribution >= 0.6 is 0 Å². The highest BCUT2D eigenvalue weighted by Crippen LogP contribution is 2.19. The molecule has 0 aromatic carbocycles. The predicted molar refractivity (Wildman–Crippen MR) is 117 cm³/mol. The average molecular weight is 495 g/mol. The number of carboxylic acid groups (broad SMARTS) is 2. The molecule has 192 valence electrons. The summed E-state index contributed by atoms with van der Waals surface area (Å²) in [6, 6.07) is -4.99. The van der Waals surface area contributed by atoms with Crippen LogP contribution in [0.25, 0.3) is 0 Å². The maximum Gasteiger partial charge on any atom is 0.326 e. The second kappa shape index (κ2) is 12.5. The van der Waals surface area contributed by atoms with E-state index in [0.29, 0.717) is 12.1 Å². The third kappa shape index (κ3) is 8.06. The highest BCUT2D eigenvalue weighted by Gasteiger charge is 2.38. The van der Waals surface area contributed by atoms with Crippen LogP contribution in [0, 0.1) is 0 Å². The molecule has 0 bridgehead atoms. The van der Waals surface area contributed by atoms with Gasteiger partial charge >= 0.3 is 11.9 Å². The van der Waals surface area contributed by atoms with Gasteiger partial charge in [-0.3, -0.25) is 24.0 Å². The van der Waals surface area contributed by atoms with Crippen LogP contribution in [0.5, 0.6) is 0 Å². The van der Waals surface area contributed by atoms with Gasteiger partial charge in [0.2, 0.25) is 23.6 Å². The topological polar surface area (TPSA) is 251 Å². The Morgan fingerprint density at radius 1 is 1.17 bits per heavy atom. The fourth-order valence-electron chi connectivity index (χ4n) is 3.69. The van der Waals surface area contributed by atoms with Crippen molar-refractivity contribution in [1.29, 1.82) is 0 Å². The summed E-state index contributed by atoms with van der Waals surface area (Å²) in [5.74, 6) is -5.68. The molecule has 9 N–H and O–H groups in total. The van der Waals surface area contributed by atoms with Crippen LogP contribution in [-0.2, 0) is 35.2 Å². The number of aliphatic carboxylic acids is 2. The van der Waals surface area contributed by atoms with Gasteiger partial charge in [0.05, 0.1) is 18.8 Å². The van der Waals surface area contributed by atoms with Crippen LogP contribution in [0.2, 0.25) is 0 Å². The highest BCUT2D eigenvalue weighted by molar-refractivity contribution is 5.96. The Bertz CT molecular complexity index is 951. The molecule has 0 saturated carbocycles. The summed E-state index contributed by atoms with van der Waals surface area (Å²) in [6.45, 7) is 0.204. The van der Waals surface area contributed by atoms with Crippen molar-refractivity contribution in [2.75, 3.05) is 6.54 Å². The molecule has 2 heterocycles. The second-order valence-corrected chi connectivity index (χ2v) is 8.14. The molecule has 1 aliphatic rings. The monoisotopic (exact) mass is 495 g/mol. The molecule has 15 nitrogen and oxygen atoms in total. The minimum atomic E-state index is -1.48. The Hall–Kier alpha value is -4.01. The summed E-state index contributed by atoms with van der Waals surface area (Å²) in [5, 5.41) is 22.9. The van der Waals surface area contributed by atoms with E-state index < -0.39 is 66.2 Å². The normalized spacial score (nSPS) is 17.7. The van der Waals surface area contributed by atoms with Crippen LogP contribution in [0.15, 0.2) is 12.5 Å². The zero-order valence-electron chi connectivity index (χ0n) is 18.8. The number of amides is 4. The lowest BCUT2D eigenvalue weighted by Crippen LogP contribution is -2.57. The van der Waals surface area contributed by atoms with Crippen molar-refractivity contribution in [1.82, 2.24) is 25.5 Å². The molecule has 35 heavy (non-hydrogen) atoms. The van der Waals surface area contributed by atoms with Crippen molar-refractivity contribution in [3.63, 3.8) is 0 Å². The van der Waals surface area contributed by atoms with E-state index in [2.05, 4.69) is 20.6 Å². The fraction of sp³-hybridized carbons (Fsp3) is 0.550. The summed E-state index contributed by atoms with van der Waals surface area (Å²) in [5.41, 5.74) is 11.4. The lowest BCUT2D eigenvalue weighted by atomic mass is 10.1. The Labute approximate surface area is 199 Å². The number of aromatic amines is 1. The second-order valence-electron chi connectivity index (χ2n) is 8.14. The van der Waals surface area contributed by atoms with Gasteiger partial charge < -0.3 is 42.2 Å². The van der Waals surface area contributed by atoms with Gasteiger partial charge in [0, 0.05) is 31.3 Å². The number of carbonyl (C=O) groups is 6. The lowest BCUT2D eigenvalue weighted by Gasteiger charge is -2.28. The van der Waals surface area contributed by atoms with Crippen molar-refractivity contribution in [3.8, 4) is 0 Å². The maximum atomic E-state index is 12.9. The molecule has 1 fully saturated rings. The molecule has 1 aliphatic heterocycles. The van der Waals surface area contributed by atoms with Gasteiger partial charge in [0.1, 0.15) is 18.1 Å². The minimum Gasteiger partial charge on any atom is -0.481 e. The molecule has 1 aromatic rings. The molecule has 4 atom stereocenters. The van der Waals surface area contributed by atoms with Crippen molar-refractivity contribution in [2.45, 2.75) is 62.7 Å². The summed E-state index contributed by atoms with van der Waals surface area (Å²) >= 11 is 0. The largest absolute Gasteiger partial charge is 0.481 e. The van der Waals surface area contributed by atoms with Gasteiger partial charge in [-0.05, 0) is 19.3 Å². The number of hydrogen-bond donors (Lipinski definition) is 7.